The van der Waals surface area contributed by atoms with Gasteiger partial charge in [0, 0.05) is 28.7 Å². The number of carbonyl (C=O) groups excluding carboxylic acids is 2. The monoisotopic (exact) mass is 390 g/mol. The van der Waals surface area contributed by atoms with E-state index in [1.165, 1.54) is 19.3 Å². The Labute approximate surface area is 167 Å². The van der Waals surface area contributed by atoms with Crippen LogP contribution in [-0.2, 0) is 9.53 Å². The van der Waals surface area contributed by atoms with Crippen molar-refractivity contribution < 1.29 is 23.8 Å². The molecule has 0 aliphatic heterocycles. The lowest BCUT2D eigenvalue weighted by atomic mass is 10.1. The van der Waals surface area contributed by atoms with Crippen LogP contribution in [0.15, 0.2) is 54.7 Å². The molecule has 7 nitrogen and oxygen atoms in total. The van der Waals surface area contributed by atoms with Crippen molar-refractivity contribution >= 4 is 28.7 Å². The van der Waals surface area contributed by atoms with E-state index in [1.54, 1.807) is 24.4 Å². The second-order valence-corrected chi connectivity index (χ2v) is 5.97. The van der Waals surface area contributed by atoms with Gasteiger partial charge in [0.25, 0.3) is 0 Å². The third-order valence-corrected chi connectivity index (χ3v) is 4.13. The Morgan fingerprint density at radius 2 is 2.00 bits per heavy atom. The summed E-state index contributed by atoms with van der Waals surface area (Å²) in [5, 5.41) is 9.38. The quantitative estimate of drug-likeness (QED) is 0.359. The highest BCUT2D eigenvalue weighted by Gasteiger charge is 2.13. The Morgan fingerprint density at radius 3 is 2.79 bits per heavy atom. The summed E-state index contributed by atoms with van der Waals surface area (Å²) < 4.78 is 15.5. The zero-order valence-corrected chi connectivity index (χ0v) is 15.7. The number of ether oxygens (including phenoxy) is 3. The molecule has 0 saturated carbocycles. The molecule has 0 saturated heterocycles. The molecule has 0 aliphatic carbocycles. The molecule has 0 spiro atoms. The predicted octanol–water partition coefficient (Wildman–Crippen LogP) is 3.52. The molecule has 29 heavy (non-hydrogen) atoms. The van der Waals surface area contributed by atoms with Gasteiger partial charge < -0.3 is 19.2 Å². The van der Waals surface area contributed by atoms with Gasteiger partial charge in [-0.25, -0.2) is 4.79 Å². The van der Waals surface area contributed by atoms with Gasteiger partial charge in [-0.1, -0.05) is 24.3 Å². The number of Topliss-reactive ketones (excluding diaryl/α,β-unsaturated/α-hetero) is 1. The molecule has 2 aromatic carbocycles. The third-order valence-electron chi connectivity index (χ3n) is 4.13. The zero-order valence-electron chi connectivity index (χ0n) is 15.7. The molecule has 0 radical (unpaired) electrons. The van der Waals surface area contributed by atoms with Gasteiger partial charge in [0.2, 0.25) is 5.78 Å². The number of carbonyl (C=O) groups is 2. The number of ketones is 1. The molecule has 7 heteroatoms. The number of esters is 1. The average Bonchev–Trinajstić information content (AvgIpc) is 3.19. The standard InChI is InChI=1S/C22H18N2O5/c1-27-21-12-15(6-8-20(21)28-11-10-23)7-9-22(26)29-14-19(25)17-13-24-18-5-3-2-4-16(17)18/h2-9,12-13,24H,11,14H2,1H3/b9-7+. The first-order valence-corrected chi connectivity index (χ1v) is 8.74. The fourth-order valence-corrected chi connectivity index (χ4v) is 2.75. The number of methoxy groups -OCH3 is 1. The number of fused-ring (bicyclic) bond motifs is 1. The molecule has 1 aromatic heterocycles. The average molecular weight is 390 g/mol. The van der Waals surface area contributed by atoms with E-state index in [0.717, 1.165) is 10.9 Å². The number of hydrogen-bond donors (Lipinski definition) is 1. The minimum absolute atomic E-state index is 0.0949. The molecule has 0 fully saturated rings. The summed E-state index contributed by atoms with van der Waals surface area (Å²) >= 11 is 0. The number of nitrogens with zero attached hydrogens (tertiary/aromatic N) is 1. The van der Waals surface area contributed by atoms with E-state index >= 15 is 0 Å². The third kappa shape index (κ3) is 4.82. The summed E-state index contributed by atoms with van der Waals surface area (Å²) in [6.07, 6.45) is 4.38. The minimum atomic E-state index is -0.637. The maximum absolute atomic E-state index is 12.3. The first-order chi connectivity index (χ1) is 14.1. The molecule has 0 aliphatic rings. The second kappa shape index (κ2) is 9.24. The molecular weight excluding hydrogens is 372 g/mol. The van der Waals surface area contributed by atoms with Crippen molar-refractivity contribution in [2.24, 2.45) is 0 Å². The van der Waals surface area contributed by atoms with Gasteiger partial charge in [0.15, 0.2) is 24.7 Å². The van der Waals surface area contributed by atoms with Crippen LogP contribution in [0.5, 0.6) is 11.5 Å². The number of para-hydroxylation sites is 1. The van der Waals surface area contributed by atoms with Gasteiger partial charge in [-0.3, -0.25) is 4.79 Å². The fourth-order valence-electron chi connectivity index (χ4n) is 2.75. The van der Waals surface area contributed by atoms with Gasteiger partial charge in [0.05, 0.1) is 7.11 Å². The Morgan fingerprint density at radius 1 is 1.17 bits per heavy atom. The molecule has 146 valence electrons. The van der Waals surface area contributed by atoms with E-state index in [-0.39, 0.29) is 19.0 Å². The van der Waals surface area contributed by atoms with E-state index in [2.05, 4.69) is 4.98 Å². The number of aromatic amines is 1. The fraction of sp³-hybridized carbons (Fsp3) is 0.136. The largest absolute Gasteiger partial charge is 0.493 e. The molecule has 1 heterocycles. The maximum atomic E-state index is 12.3. The SMILES string of the molecule is COc1cc(/C=C/C(=O)OCC(=O)c2c[nH]c3ccccc23)ccc1OCC#N. The Bertz CT molecular complexity index is 1110. The summed E-state index contributed by atoms with van der Waals surface area (Å²) in [7, 11) is 1.48. The molecule has 1 N–H and O–H groups in total. The second-order valence-electron chi connectivity index (χ2n) is 5.97. The minimum Gasteiger partial charge on any atom is -0.493 e. The predicted molar refractivity (Wildman–Crippen MR) is 107 cm³/mol. The van der Waals surface area contributed by atoms with E-state index in [0.29, 0.717) is 22.6 Å². The number of aromatic nitrogens is 1. The van der Waals surface area contributed by atoms with Crippen molar-refractivity contribution in [3.63, 3.8) is 0 Å². The van der Waals surface area contributed by atoms with E-state index in [4.69, 9.17) is 19.5 Å². The zero-order chi connectivity index (χ0) is 20.6. The molecule has 3 aromatic rings. The van der Waals surface area contributed by atoms with Crippen molar-refractivity contribution in [1.29, 1.82) is 5.26 Å². The normalized spacial score (nSPS) is 10.6. The summed E-state index contributed by atoms with van der Waals surface area (Å²) in [6.45, 7) is -0.447. The molecule has 0 bridgehead atoms. The Balaban J connectivity index is 1.59. The van der Waals surface area contributed by atoms with Crippen LogP contribution in [0.2, 0.25) is 0 Å². The maximum Gasteiger partial charge on any atom is 0.331 e. The lowest BCUT2D eigenvalue weighted by Gasteiger charge is -2.08. The molecular formula is C22H18N2O5. The van der Waals surface area contributed by atoms with Crippen molar-refractivity contribution in [3.05, 3.63) is 65.9 Å². The van der Waals surface area contributed by atoms with Crippen molar-refractivity contribution in [2.45, 2.75) is 0 Å². The van der Waals surface area contributed by atoms with Crippen molar-refractivity contribution in [2.75, 3.05) is 20.3 Å². The summed E-state index contributed by atoms with van der Waals surface area (Å²) in [6, 6.07) is 14.3. The molecule has 0 unspecified atom stereocenters. The number of rotatable bonds is 8. The molecule has 0 amide bonds. The van der Waals surface area contributed by atoms with Gasteiger partial charge >= 0.3 is 5.97 Å². The number of nitriles is 1. The van der Waals surface area contributed by atoms with E-state index in [1.807, 2.05) is 30.3 Å². The number of H-pyrrole nitrogens is 1. The summed E-state index contributed by atoms with van der Waals surface area (Å²) in [4.78, 5) is 27.3. The van der Waals surface area contributed by atoms with Gasteiger partial charge in [-0.2, -0.15) is 5.26 Å². The van der Waals surface area contributed by atoms with Crippen LogP contribution in [0.25, 0.3) is 17.0 Å². The lowest BCUT2D eigenvalue weighted by molar-refractivity contribution is -0.136. The van der Waals surface area contributed by atoms with Crippen LogP contribution in [-0.4, -0.2) is 37.1 Å². The highest BCUT2D eigenvalue weighted by molar-refractivity contribution is 6.09. The van der Waals surface area contributed by atoms with Gasteiger partial charge in [-0.05, 0) is 29.8 Å². The van der Waals surface area contributed by atoms with Crippen LogP contribution in [0.1, 0.15) is 15.9 Å². The first-order valence-electron chi connectivity index (χ1n) is 8.74. The van der Waals surface area contributed by atoms with Crippen LogP contribution < -0.4 is 9.47 Å². The lowest BCUT2D eigenvalue weighted by Crippen LogP contribution is -2.12. The van der Waals surface area contributed by atoms with Crippen LogP contribution in [0, 0.1) is 11.3 Å². The molecule has 0 atom stereocenters. The first kappa shape index (κ1) is 19.7. The Hall–Kier alpha value is -4.05. The van der Waals surface area contributed by atoms with Crippen LogP contribution in [0.3, 0.4) is 0 Å². The van der Waals surface area contributed by atoms with Crippen molar-refractivity contribution in [1.82, 2.24) is 4.98 Å². The topological polar surface area (TPSA) is 101 Å². The Kier molecular flexibility index (Phi) is 6.28. The molecule has 3 rings (SSSR count). The summed E-state index contributed by atoms with van der Waals surface area (Å²) in [5.74, 6) is -0.0600. The number of benzene rings is 2. The smallest absolute Gasteiger partial charge is 0.331 e. The van der Waals surface area contributed by atoms with Gasteiger partial charge in [0.1, 0.15) is 6.07 Å². The highest BCUT2D eigenvalue weighted by atomic mass is 16.5. The van der Waals surface area contributed by atoms with Crippen molar-refractivity contribution in [3.8, 4) is 17.6 Å². The van der Waals surface area contributed by atoms with Crippen LogP contribution >= 0.6 is 0 Å². The number of nitrogens with one attached hydrogen (secondary N) is 1. The van der Waals surface area contributed by atoms with Gasteiger partial charge in [-0.15, -0.1) is 0 Å². The highest BCUT2D eigenvalue weighted by Crippen LogP contribution is 2.28. The van der Waals surface area contributed by atoms with Crippen LogP contribution in [0.4, 0.5) is 0 Å². The van der Waals surface area contributed by atoms with E-state index in [9.17, 15) is 9.59 Å². The number of hydrogen-bond acceptors (Lipinski definition) is 6. The summed E-state index contributed by atoms with van der Waals surface area (Å²) in [5.41, 5.74) is 2.00. The van der Waals surface area contributed by atoms with E-state index < -0.39 is 5.97 Å².